The van der Waals surface area contributed by atoms with E-state index in [0.29, 0.717) is 18.8 Å². The molecule has 0 spiro atoms. The van der Waals surface area contributed by atoms with Gasteiger partial charge in [-0.15, -0.1) is 0 Å². The molecule has 0 bridgehead atoms. The molecule has 1 aliphatic rings. The van der Waals surface area contributed by atoms with Crippen molar-refractivity contribution >= 4 is 17.6 Å². The predicted octanol–water partition coefficient (Wildman–Crippen LogP) is 1.37. The number of aromatic nitrogens is 1. The third-order valence-corrected chi connectivity index (χ3v) is 3.54. The second-order valence-corrected chi connectivity index (χ2v) is 5.12. The molecule has 1 fully saturated rings. The number of nitrogens with zero attached hydrogens (tertiary/aromatic N) is 2. The average Bonchev–Trinajstić information content (AvgIpc) is 3.13. The van der Waals surface area contributed by atoms with Crippen LogP contribution in [0.1, 0.15) is 12.2 Å². The minimum absolute atomic E-state index is 0.0956. The molecule has 2 aromatic heterocycles. The maximum absolute atomic E-state index is 12.2. The highest BCUT2D eigenvalue weighted by molar-refractivity contribution is 5.97. The van der Waals surface area contributed by atoms with Crippen molar-refractivity contribution in [3.05, 3.63) is 42.5 Å². The zero-order valence-electron chi connectivity index (χ0n) is 11.7. The Labute approximate surface area is 126 Å². The fourth-order valence-corrected chi connectivity index (χ4v) is 2.40. The summed E-state index contributed by atoms with van der Waals surface area (Å²) in [7, 11) is 0. The van der Waals surface area contributed by atoms with Crippen LogP contribution in [0, 0.1) is 5.92 Å². The fraction of sp³-hybridized carbons (Fsp3) is 0.267. The van der Waals surface area contributed by atoms with E-state index in [9.17, 15) is 14.7 Å². The molecule has 3 rings (SSSR count). The summed E-state index contributed by atoms with van der Waals surface area (Å²) in [4.78, 5) is 29.6. The Kier molecular flexibility index (Phi) is 3.78. The van der Waals surface area contributed by atoms with Crippen molar-refractivity contribution in [2.75, 3.05) is 11.9 Å². The number of pyridine rings is 1. The number of rotatable bonds is 4. The lowest BCUT2D eigenvalue weighted by Gasteiger charge is -2.15. The lowest BCUT2D eigenvalue weighted by molar-refractivity contribution is -0.128. The van der Waals surface area contributed by atoms with Crippen LogP contribution in [0.2, 0.25) is 0 Å². The summed E-state index contributed by atoms with van der Waals surface area (Å²) in [6.45, 7) is 0.670. The van der Waals surface area contributed by atoms with Gasteiger partial charge in [-0.1, -0.05) is 0 Å². The minimum Gasteiger partial charge on any atom is -0.504 e. The largest absolute Gasteiger partial charge is 0.504 e. The van der Waals surface area contributed by atoms with Crippen LogP contribution in [0.5, 0.6) is 5.75 Å². The Morgan fingerprint density at radius 1 is 1.45 bits per heavy atom. The van der Waals surface area contributed by atoms with Gasteiger partial charge in [0, 0.05) is 19.2 Å². The molecule has 7 heteroatoms. The Bertz CT molecular complexity index is 684. The van der Waals surface area contributed by atoms with Crippen molar-refractivity contribution in [1.82, 2.24) is 9.88 Å². The number of hydrogen-bond acceptors (Lipinski definition) is 5. The standard InChI is InChI=1S/C15H15N3O4/c19-12-4-1-5-16-14(12)17-15(21)10-7-13(20)18(8-10)9-11-3-2-6-22-11/h1-6,10,19H,7-9H2,(H,16,17,21). The van der Waals surface area contributed by atoms with Gasteiger partial charge in [0.2, 0.25) is 11.8 Å². The number of nitrogens with one attached hydrogen (secondary N) is 1. The molecule has 2 amide bonds. The molecule has 1 atom stereocenters. The highest BCUT2D eigenvalue weighted by Crippen LogP contribution is 2.24. The summed E-state index contributed by atoms with van der Waals surface area (Å²) in [5.74, 6) is -0.219. The number of carbonyl (C=O) groups excluding carboxylic acids is 2. The number of aromatic hydroxyl groups is 1. The zero-order valence-corrected chi connectivity index (χ0v) is 11.7. The molecule has 0 aliphatic carbocycles. The van der Waals surface area contributed by atoms with Crippen molar-refractivity contribution < 1.29 is 19.1 Å². The van der Waals surface area contributed by atoms with Crippen molar-refractivity contribution in [2.24, 2.45) is 5.92 Å². The molecule has 1 aliphatic heterocycles. The lowest BCUT2D eigenvalue weighted by atomic mass is 10.1. The molecule has 7 nitrogen and oxygen atoms in total. The highest BCUT2D eigenvalue weighted by atomic mass is 16.3. The first-order valence-corrected chi connectivity index (χ1v) is 6.88. The number of anilines is 1. The normalized spacial score (nSPS) is 17.7. The Morgan fingerprint density at radius 3 is 3.05 bits per heavy atom. The van der Waals surface area contributed by atoms with Crippen LogP contribution in [0.3, 0.4) is 0 Å². The third-order valence-electron chi connectivity index (χ3n) is 3.54. The molecule has 0 radical (unpaired) electrons. The van der Waals surface area contributed by atoms with Crippen molar-refractivity contribution in [3.63, 3.8) is 0 Å². The molecular weight excluding hydrogens is 286 g/mol. The van der Waals surface area contributed by atoms with Gasteiger partial charge in [-0.25, -0.2) is 4.98 Å². The summed E-state index contributed by atoms with van der Waals surface area (Å²) in [5.41, 5.74) is 0. The first-order chi connectivity index (χ1) is 10.6. The van der Waals surface area contributed by atoms with E-state index >= 15 is 0 Å². The molecule has 1 saturated heterocycles. The number of furan rings is 1. The maximum atomic E-state index is 12.2. The van der Waals surface area contributed by atoms with Crippen LogP contribution in [0.4, 0.5) is 5.82 Å². The number of amides is 2. The van der Waals surface area contributed by atoms with Crippen molar-refractivity contribution in [3.8, 4) is 5.75 Å². The predicted molar refractivity (Wildman–Crippen MR) is 76.8 cm³/mol. The maximum Gasteiger partial charge on any atom is 0.231 e. The molecule has 114 valence electrons. The third kappa shape index (κ3) is 2.93. The monoisotopic (exact) mass is 301 g/mol. The number of likely N-dealkylation sites (tertiary alicyclic amines) is 1. The van der Waals surface area contributed by atoms with Crippen molar-refractivity contribution in [1.29, 1.82) is 0 Å². The molecule has 2 aromatic rings. The lowest BCUT2D eigenvalue weighted by Crippen LogP contribution is -2.28. The van der Waals surface area contributed by atoms with Crippen LogP contribution in [0.15, 0.2) is 41.1 Å². The van der Waals surface area contributed by atoms with Crippen LogP contribution in [-0.2, 0) is 16.1 Å². The first-order valence-electron chi connectivity index (χ1n) is 6.88. The summed E-state index contributed by atoms with van der Waals surface area (Å²) >= 11 is 0. The first kappa shape index (κ1) is 14.1. The van der Waals surface area contributed by atoms with Crippen LogP contribution in [-0.4, -0.2) is 33.3 Å². The molecule has 3 heterocycles. The molecule has 2 N–H and O–H groups in total. The van der Waals surface area contributed by atoms with Gasteiger partial charge in [0.25, 0.3) is 0 Å². The Hall–Kier alpha value is -2.83. The Morgan fingerprint density at radius 2 is 2.32 bits per heavy atom. The zero-order chi connectivity index (χ0) is 15.5. The van der Waals surface area contributed by atoms with Gasteiger partial charge in [-0.2, -0.15) is 0 Å². The highest BCUT2D eigenvalue weighted by Gasteiger charge is 2.35. The van der Waals surface area contributed by atoms with E-state index in [1.165, 1.54) is 12.3 Å². The average molecular weight is 301 g/mol. The van der Waals surface area contributed by atoms with Gasteiger partial charge in [0.1, 0.15) is 5.76 Å². The minimum atomic E-state index is -0.469. The molecule has 1 unspecified atom stereocenters. The van der Waals surface area contributed by atoms with Gasteiger partial charge < -0.3 is 19.7 Å². The van der Waals surface area contributed by atoms with E-state index in [0.717, 1.165) is 0 Å². The van der Waals surface area contributed by atoms with E-state index < -0.39 is 5.92 Å². The number of hydrogen-bond donors (Lipinski definition) is 2. The SMILES string of the molecule is O=C(Nc1ncccc1O)C1CC(=O)N(Cc2ccco2)C1. The van der Waals surface area contributed by atoms with E-state index in [1.807, 2.05) is 0 Å². The quantitative estimate of drug-likeness (QED) is 0.889. The second-order valence-electron chi connectivity index (χ2n) is 5.12. The van der Waals surface area contributed by atoms with E-state index in [4.69, 9.17) is 4.42 Å². The molecule has 22 heavy (non-hydrogen) atoms. The summed E-state index contributed by atoms with van der Waals surface area (Å²) in [6, 6.07) is 6.54. The second kappa shape index (κ2) is 5.88. The summed E-state index contributed by atoms with van der Waals surface area (Å²) in [5, 5.41) is 12.2. The molecule has 0 saturated carbocycles. The van der Waals surface area contributed by atoms with Gasteiger partial charge >= 0.3 is 0 Å². The van der Waals surface area contributed by atoms with Gasteiger partial charge in [-0.3, -0.25) is 9.59 Å². The Balaban J connectivity index is 1.62. The number of carbonyl (C=O) groups is 2. The fourth-order valence-electron chi connectivity index (χ4n) is 2.40. The van der Waals surface area contributed by atoms with Gasteiger partial charge in [0.15, 0.2) is 11.6 Å². The summed E-state index contributed by atoms with van der Waals surface area (Å²) in [6.07, 6.45) is 3.16. The van der Waals surface area contributed by atoms with E-state index in [1.54, 1.807) is 29.4 Å². The summed E-state index contributed by atoms with van der Waals surface area (Å²) < 4.78 is 5.21. The van der Waals surface area contributed by atoms with Crippen LogP contribution in [0.25, 0.3) is 0 Å². The van der Waals surface area contributed by atoms with Gasteiger partial charge in [0.05, 0.1) is 18.7 Å². The van der Waals surface area contributed by atoms with Crippen LogP contribution >= 0.6 is 0 Å². The molecule has 0 aromatic carbocycles. The van der Waals surface area contributed by atoms with Crippen molar-refractivity contribution in [2.45, 2.75) is 13.0 Å². The molecular formula is C15H15N3O4. The topological polar surface area (TPSA) is 95.7 Å². The van der Waals surface area contributed by atoms with Gasteiger partial charge in [-0.05, 0) is 24.3 Å². The van der Waals surface area contributed by atoms with E-state index in [-0.39, 0.29) is 29.8 Å². The van der Waals surface area contributed by atoms with Crippen LogP contribution < -0.4 is 5.32 Å². The van der Waals surface area contributed by atoms with E-state index in [2.05, 4.69) is 10.3 Å². The smallest absolute Gasteiger partial charge is 0.231 e.